The van der Waals surface area contributed by atoms with Crippen molar-refractivity contribution in [3.05, 3.63) is 89.0 Å². The largest absolute Gasteiger partial charge is 0.322 e. The van der Waals surface area contributed by atoms with Gasteiger partial charge in [0.15, 0.2) is 0 Å². The van der Waals surface area contributed by atoms with Crippen molar-refractivity contribution in [2.24, 2.45) is 0 Å². The topological polar surface area (TPSA) is 104 Å². The van der Waals surface area contributed by atoms with E-state index in [4.69, 9.17) is 0 Å². The van der Waals surface area contributed by atoms with E-state index in [0.29, 0.717) is 33.8 Å². The zero-order valence-corrected chi connectivity index (χ0v) is 20.7. The first kappa shape index (κ1) is 25.0. The fourth-order valence-corrected chi connectivity index (χ4v) is 3.95. The molecule has 3 rings (SSSR count). The van der Waals surface area contributed by atoms with Gasteiger partial charge in [0.1, 0.15) is 0 Å². The molecule has 0 aliphatic heterocycles. The lowest BCUT2D eigenvalue weighted by Crippen LogP contribution is -2.15. The molecule has 0 spiro atoms. The summed E-state index contributed by atoms with van der Waals surface area (Å²) in [5.41, 5.74) is 4.17. The Bertz CT molecular complexity index is 1320. The number of rotatable bonds is 6. The molecule has 8 heteroatoms. The summed E-state index contributed by atoms with van der Waals surface area (Å²) in [7, 11) is -3.41. The van der Waals surface area contributed by atoms with E-state index in [1.165, 1.54) is 0 Å². The second kappa shape index (κ2) is 9.69. The highest BCUT2D eigenvalue weighted by molar-refractivity contribution is 7.92. The van der Waals surface area contributed by atoms with Crippen LogP contribution in [0.4, 0.5) is 17.1 Å². The van der Waals surface area contributed by atoms with E-state index in [-0.39, 0.29) is 17.2 Å². The molecule has 0 radical (unpaired) electrons. The van der Waals surface area contributed by atoms with Crippen LogP contribution in [0, 0.1) is 6.92 Å². The van der Waals surface area contributed by atoms with Gasteiger partial charge in [-0.2, -0.15) is 0 Å². The number of aryl methyl sites for hydroxylation is 1. The summed E-state index contributed by atoms with van der Waals surface area (Å²) >= 11 is 0. The van der Waals surface area contributed by atoms with Crippen LogP contribution in [0.1, 0.15) is 52.6 Å². The molecule has 3 N–H and O–H groups in total. The summed E-state index contributed by atoms with van der Waals surface area (Å²) in [6, 6.07) is 19.1. The predicted octanol–water partition coefficient (Wildman–Crippen LogP) is 5.17. The highest BCUT2D eigenvalue weighted by Gasteiger charge is 2.15. The van der Waals surface area contributed by atoms with Gasteiger partial charge in [0, 0.05) is 22.5 Å². The molecule has 7 nitrogen and oxygen atoms in total. The van der Waals surface area contributed by atoms with Crippen molar-refractivity contribution < 1.29 is 18.0 Å². The molecule has 0 saturated carbocycles. The zero-order valence-electron chi connectivity index (χ0n) is 19.9. The molecule has 0 bridgehead atoms. The van der Waals surface area contributed by atoms with Crippen molar-refractivity contribution in [3.63, 3.8) is 0 Å². The lowest BCUT2D eigenvalue weighted by Gasteiger charge is -2.19. The van der Waals surface area contributed by atoms with E-state index < -0.39 is 10.0 Å². The van der Waals surface area contributed by atoms with E-state index in [2.05, 4.69) is 36.1 Å². The minimum atomic E-state index is -3.41. The number of anilines is 3. The fourth-order valence-electron chi connectivity index (χ4n) is 3.32. The Morgan fingerprint density at radius 2 is 1.29 bits per heavy atom. The lowest BCUT2D eigenvalue weighted by molar-refractivity contribution is 0.101. The van der Waals surface area contributed by atoms with E-state index in [1.54, 1.807) is 61.5 Å². The highest BCUT2D eigenvalue weighted by Crippen LogP contribution is 2.23. The van der Waals surface area contributed by atoms with Crippen LogP contribution in [-0.4, -0.2) is 26.5 Å². The number of carbonyl (C=O) groups excluding carboxylic acids is 2. The van der Waals surface area contributed by atoms with Gasteiger partial charge in [-0.25, -0.2) is 8.42 Å². The molecule has 0 aliphatic carbocycles. The summed E-state index contributed by atoms with van der Waals surface area (Å²) in [5, 5.41) is 5.65. The number of nitrogens with one attached hydrogen (secondary N) is 3. The summed E-state index contributed by atoms with van der Waals surface area (Å²) in [6.45, 7) is 8.06. The minimum Gasteiger partial charge on any atom is -0.322 e. The fraction of sp³-hybridized carbons (Fsp3) is 0.231. The van der Waals surface area contributed by atoms with Crippen LogP contribution in [0.3, 0.4) is 0 Å². The molecular weight excluding hydrogens is 450 g/mol. The minimum absolute atomic E-state index is 0.00459. The third-order valence-corrected chi connectivity index (χ3v) is 5.77. The number of sulfonamides is 1. The molecule has 0 aliphatic rings. The van der Waals surface area contributed by atoms with Crippen LogP contribution in [0.15, 0.2) is 66.7 Å². The molecule has 2 amide bonds. The van der Waals surface area contributed by atoms with Gasteiger partial charge >= 0.3 is 0 Å². The van der Waals surface area contributed by atoms with E-state index in [9.17, 15) is 18.0 Å². The first-order valence-electron chi connectivity index (χ1n) is 10.7. The molecule has 0 heterocycles. The number of benzene rings is 3. The van der Waals surface area contributed by atoms with E-state index in [0.717, 1.165) is 11.8 Å². The molecule has 0 saturated heterocycles. The molecule has 34 heavy (non-hydrogen) atoms. The standard InChI is InChI=1S/C26H29N3O4S/c1-17-15-19(11-14-23(17)29-34(5,32)33)25(31)28-22-8-6-7-21(16-22)27-24(30)18-9-12-20(13-10-18)26(2,3)4/h6-16,29H,1-5H3,(H,27,30)(H,28,31). The molecule has 3 aromatic carbocycles. The van der Waals surface area contributed by atoms with Crippen molar-refractivity contribution in [3.8, 4) is 0 Å². The van der Waals surface area contributed by atoms with E-state index in [1.807, 2.05) is 12.1 Å². The number of hydrogen-bond donors (Lipinski definition) is 3. The Morgan fingerprint density at radius 3 is 1.79 bits per heavy atom. The van der Waals surface area contributed by atoms with Gasteiger partial charge in [-0.3, -0.25) is 14.3 Å². The maximum Gasteiger partial charge on any atom is 0.255 e. The summed E-state index contributed by atoms with van der Waals surface area (Å²) < 4.78 is 25.3. The van der Waals surface area contributed by atoms with Crippen LogP contribution in [0.2, 0.25) is 0 Å². The molecule has 0 atom stereocenters. The molecule has 0 aromatic heterocycles. The van der Waals surface area contributed by atoms with Crippen LogP contribution in [0.25, 0.3) is 0 Å². The van der Waals surface area contributed by atoms with E-state index >= 15 is 0 Å². The van der Waals surface area contributed by atoms with Gasteiger partial charge in [0.05, 0.1) is 11.9 Å². The highest BCUT2D eigenvalue weighted by atomic mass is 32.2. The van der Waals surface area contributed by atoms with Gasteiger partial charge in [-0.05, 0) is 72.0 Å². The maximum absolute atomic E-state index is 12.7. The average Bonchev–Trinajstić information content (AvgIpc) is 2.74. The van der Waals surface area contributed by atoms with Crippen molar-refractivity contribution in [1.82, 2.24) is 0 Å². The van der Waals surface area contributed by atoms with Gasteiger partial charge < -0.3 is 10.6 Å². The van der Waals surface area contributed by atoms with Gasteiger partial charge in [-0.15, -0.1) is 0 Å². The maximum atomic E-state index is 12.7. The van der Waals surface area contributed by atoms with Crippen LogP contribution in [-0.2, 0) is 15.4 Å². The molecule has 0 fully saturated rings. The van der Waals surface area contributed by atoms with Crippen molar-refractivity contribution >= 4 is 38.9 Å². The summed E-state index contributed by atoms with van der Waals surface area (Å²) in [4.78, 5) is 25.3. The Balaban J connectivity index is 1.69. The third-order valence-electron chi connectivity index (χ3n) is 5.18. The second-order valence-electron chi connectivity index (χ2n) is 9.22. The quantitative estimate of drug-likeness (QED) is 0.454. The number of carbonyl (C=O) groups is 2. The first-order valence-corrected chi connectivity index (χ1v) is 12.6. The van der Waals surface area contributed by atoms with Gasteiger partial charge in [0.2, 0.25) is 10.0 Å². The SMILES string of the molecule is Cc1cc(C(=O)Nc2cccc(NC(=O)c3ccc(C(C)(C)C)cc3)c2)ccc1NS(C)(=O)=O. The Labute approximate surface area is 200 Å². The van der Waals surface area contributed by atoms with Crippen molar-refractivity contribution in [1.29, 1.82) is 0 Å². The monoisotopic (exact) mass is 479 g/mol. The van der Waals surface area contributed by atoms with Crippen LogP contribution < -0.4 is 15.4 Å². The Morgan fingerprint density at radius 1 is 0.765 bits per heavy atom. The number of hydrogen-bond acceptors (Lipinski definition) is 4. The molecule has 0 unspecified atom stereocenters. The van der Waals surface area contributed by atoms with Crippen LogP contribution >= 0.6 is 0 Å². The zero-order chi connectivity index (χ0) is 25.1. The Kier molecular flexibility index (Phi) is 7.12. The summed E-state index contributed by atoms with van der Waals surface area (Å²) in [5.74, 6) is -0.594. The van der Waals surface area contributed by atoms with Gasteiger partial charge in [-0.1, -0.05) is 39.0 Å². The predicted molar refractivity (Wildman–Crippen MR) is 137 cm³/mol. The smallest absolute Gasteiger partial charge is 0.255 e. The van der Waals surface area contributed by atoms with Crippen LogP contribution in [0.5, 0.6) is 0 Å². The molecule has 3 aromatic rings. The lowest BCUT2D eigenvalue weighted by atomic mass is 9.87. The summed E-state index contributed by atoms with van der Waals surface area (Å²) in [6.07, 6.45) is 1.07. The number of amides is 2. The molecule has 178 valence electrons. The normalized spacial score (nSPS) is 11.6. The average molecular weight is 480 g/mol. The second-order valence-corrected chi connectivity index (χ2v) is 11.0. The third kappa shape index (κ3) is 6.68. The van der Waals surface area contributed by atoms with Crippen molar-refractivity contribution in [2.45, 2.75) is 33.1 Å². The Hall–Kier alpha value is -3.65. The van der Waals surface area contributed by atoms with Gasteiger partial charge in [0.25, 0.3) is 11.8 Å². The van der Waals surface area contributed by atoms with Crippen molar-refractivity contribution in [2.75, 3.05) is 21.6 Å². The first-order chi connectivity index (χ1) is 15.8. The molecular formula is C26H29N3O4S.